The maximum atomic E-state index is 10.5. The highest BCUT2D eigenvalue weighted by molar-refractivity contribution is 7.89. The highest BCUT2D eigenvalue weighted by Crippen LogP contribution is 2.00. The van der Waals surface area contributed by atoms with Crippen LogP contribution in [0.3, 0.4) is 0 Å². The predicted molar refractivity (Wildman–Crippen MR) is 49.1 cm³/mol. The second-order valence-electron chi connectivity index (χ2n) is 2.60. The molecular formula is C7H10N3O3S. The lowest BCUT2D eigenvalue weighted by Gasteiger charge is -2.02. The number of primary sulfonamides is 1. The van der Waals surface area contributed by atoms with E-state index in [1.165, 1.54) is 6.20 Å². The van der Waals surface area contributed by atoms with Crippen LogP contribution in [0.15, 0.2) is 6.20 Å². The van der Waals surface area contributed by atoms with Crippen molar-refractivity contribution in [3.63, 3.8) is 0 Å². The van der Waals surface area contributed by atoms with Crippen molar-refractivity contribution in [1.82, 2.24) is 9.97 Å². The Morgan fingerprint density at radius 1 is 1.64 bits per heavy atom. The molecule has 1 aromatic heterocycles. The minimum Gasteiger partial charge on any atom is -0.462 e. The predicted octanol–water partition coefficient (Wildman–Crippen LogP) is -0.747. The van der Waals surface area contributed by atoms with Gasteiger partial charge in [-0.25, -0.2) is 18.5 Å². The second kappa shape index (κ2) is 4.34. The van der Waals surface area contributed by atoms with Crippen LogP contribution in [0.5, 0.6) is 6.01 Å². The first-order chi connectivity index (χ1) is 6.47. The number of hydrogen-bond donors (Lipinski definition) is 1. The smallest absolute Gasteiger partial charge is 0.316 e. The van der Waals surface area contributed by atoms with E-state index in [2.05, 4.69) is 16.0 Å². The molecule has 77 valence electrons. The molecule has 0 amide bonds. The molecule has 0 aromatic carbocycles. The summed E-state index contributed by atoms with van der Waals surface area (Å²) in [5, 5.41) is 4.77. The van der Waals surface area contributed by atoms with Crippen molar-refractivity contribution in [2.75, 3.05) is 12.4 Å². The summed E-state index contributed by atoms with van der Waals surface area (Å²) in [5.74, 6) is -0.256. The standard InChI is InChI=1S/C7H10N3O3S/c1-6-2-3-9-7(10-6)13-4-5-14(8,11)12/h3H,4-5H2,1H3,(H2,8,11,12). The summed E-state index contributed by atoms with van der Waals surface area (Å²) in [7, 11) is -3.49. The van der Waals surface area contributed by atoms with Crippen molar-refractivity contribution in [2.24, 2.45) is 5.14 Å². The monoisotopic (exact) mass is 216 g/mol. The molecular weight excluding hydrogens is 206 g/mol. The lowest BCUT2D eigenvalue weighted by atomic mass is 10.5. The maximum Gasteiger partial charge on any atom is 0.316 e. The molecule has 0 spiro atoms. The number of ether oxygens (including phenoxy) is 1. The van der Waals surface area contributed by atoms with Crippen LogP contribution in [-0.4, -0.2) is 30.7 Å². The normalized spacial score (nSPS) is 11.3. The minimum absolute atomic E-state index is 0.0533. The molecule has 0 bridgehead atoms. The molecule has 1 heterocycles. The van der Waals surface area contributed by atoms with Crippen LogP contribution in [-0.2, 0) is 10.0 Å². The molecule has 0 saturated carbocycles. The minimum atomic E-state index is -3.49. The van der Waals surface area contributed by atoms with Gasteiger partial charge in [0.15, 0.2) is 0 Å². The van der Waals surface area contributed by atoms with Crippen LogP contribution in [0.1, 0.15) is 5.69 Å². The summed E-state index contributed by atoms with van der Waals surface area (Å²) in [6.07, 6.45) is 1.41. The van der Waals surface area contributed by atoms with E-state index in [0.717, 1.165) is 0 Å². The summed E-state index contributed by atoms with van der Waals surface area (Å²) < 4.78 is 26.0. The van der Waals surface area contributed by atoms with Gasteiger partial charge in [0.2, 0.25) is 10.0 Å². The van der Waals surface area contributed by atoms with Gasteiger partial charge < -0.3 is 4.74 Å². The van der Waals surface area contributed by atoms with Crippen LogP contribution in [0, 0.1) is 13.0 Å². The number of nitrogens with two attached hydrogens (primary N) is 1. The quantitative estimate of drug-likeness (QED) is 0.714. The third-order valence-corrected chi connectivity index (χ3v) is 2.05. The van der Waals surface area contributed by atoms with Crippen LogP contribution in [0.2, 0.25) is 0 Å². The van der Waals surface area contributed by atoms with E-state index < -0.39 is 10.0 Å². The fourth-order valence-electron chi connectivity index (χ4n) is 0.704. The van der Waals surface area contributed by atoms with Gasteiger partial charge in [-0.3, -0.25) is 0 Å². The van der Waals surface area contributed by atoms with Gasteiger partial charge in [0.1, 0.15) is 6.61 Å². The highest BCUT2D eigenvalue weighted by Gasteiger charge is 2.04. The van der Waals surface area contributed by atoms with Crippen LogP contribution in [0.4, 0.5) is 0 Å². The molecule has 0 aliphatic carbocycles. The zero-order chi connectivity index (χ0) is 10.6. The number of sulfonamides is 1. The zero-order valence-electron chi connectivity index (χ0n) is 7.60. The van der Waals surface area contributed by atoms with Crippen molar-refractivity contribution in [1.29, 1.82) is 0 Å². The maximum absolute atomic E-state index is 10.5. The molecule has 0 aliphatic rings. The number of rotatable bonds is 4. The Hall–Kier alpha value is -1.21. The van der Waals surface area contributed by atoms with Gasteiger partial charge >= 0.3 is 6.01 Å². The fraction of sp³-hybridized carbons (Fsp3) is 0.429. The first kappa shape index (κ1) is 10.9. The molecule has 14 heavy (non-hydrogen) atoms. The van der Waals surface area contributed by atoms with Gasteiger partial charge in [-0.1, -0.05) is 0 Å². The highest BCUT2D eigenvalue weighted by atomic mass is 32.2. The molecule has 0 atom stereocenters. The van der Waals surface area contributed by atoms with E-state index >= 15 is 0 Å². The zero-order valence-corrected chi connectivity index (χ0v) is 8.41. The van der Waals surface area contributed by atoms with Gasteiger partial charge in [0, 0.05) is 12.3 Å². The van der Waals surface area contributed by atoms with Crippen molar-refractivity contribution in [3.05, 3.63) is 18.0 Å². The van der Waals surface area contributed by atoms with Gasteiger partial charge in [-0.2, -0.15) is 4.98 Å². The number of aromatic nitrogens is 2. The molecule has 2 N–H and O–H groups in total. The average molecular weight is 216 g/mol. The Labute approximate surface area is 82.2 Å². The Morgan fingerprint density at radius 2 is 2.36 bits per heavy atom. The average Bonchev–Trinajstić information content (AvgIpc) is 2.01. The molecule has 0 unspecified atom stereocenters. The Kier molecular flexibility index (Phi) is 3.37. The van der Waals surface area contributed by atoms with Crippen LogP contribution < -0.4 is 9.88 Å². The second-order valence-corrected chi connectivity index (χ2v) is 4.33. The lowest BCUT2D eigenvalue weighted by Crippen LogP contribution is -2.21. The summed E-state index contributed by atoms with van der Waals surface area (Å²) in [4.78, 5) is 7.60. The molecule has 1 radical (unpaired) electrons. The summed E-state index contributed by atoms with van der Waals surface area (Å²) >= 11 is 0. The van der Waals surface area contributed by atoms with E-state index in [-0.39, 0.29) is 18.4 Å². The van der Waals surface area contributed by atoms with Crippen molar-refractivity contribution in [3.8, 4) is 6.01 Å². The molecule has 1 aromatic rings. The van der Waals surface area contributed by atoms with Crippen LogP contribution in [0.25, 0.3) is 0 Å². The third kappa shape index (κ3) is 4.15. The Morgan fingerprint density at radius 3 is 2.93 bits per heavy atom. The molecule has 0 aliphatic heterocycles. The van der Waals surface area contributed by atoms with E-state index in [1.54, 1.807) is 6.92 Å². The molecule has 7 heteroatoms. The van der Waals surface area contributed by atoms with Gasteiger partial charge in [-0.05, 0) is 6.92 Å². The van der Waals surface area contributed by atoms with Crippen molar-refractivity contribution >= 4 is 10.0 Å². The first-order valence-electron chi connectivity index (χ1n) is 3.82. The first-order valence-corrected chi connectivity index (χ1v) is 5.53. The Balaban J connectivity index is 2.47. The number of aryl methyl sites for hydroxylation is 1. The van der Waals surface area contributed by atoms with Gasteiger partial charge in [0.25, 0.3) is 0 Å². The van der Waals surface area contributed by atoms with Crippen molar-refractivity contribution < 1.29 is 13.2 Å². The third-order valence-electron chi connectivity index (χ3n) is 1.31. The molecule has 0 fully saturated rings. The lowest BCUT2D eigenvalue weighted by molar-refractivity contribution is 0.312. The summed E-state index contributed by atoms with van der Waals surface area (Å²) in [6.45, 7) is 1.68. The number of hydrogen-bond acceptors (Lipinski definition) is 5. The largest absolute Gasteiger partial charge is 0.462 e. The van der Waals surface area contributed by atoms with E-state index in [1.807, 2.05) is 0 Å². The Bertz CT molecular complexity index is 404. The molecule has 0 saturated heterocycles. The van der Waals surface area contributed by atoms with E-state index in [4.69, 9.17) is 9.88 Å². The van der Waals surface area contributed by atoms with Crippen molar-refractivity contribution in [2.45, 2.75) is 6.92 Å². The van der Waals surface area contributed by atoms with E-state index in [0.29, 0.717) is 5.69 Å². The SMILES string of the molecule is Cc1[c]cnc(OCCS(N)(=O)=O)n1. The van der Waals surface area contributed by atoms with Crippen LogP contribution >= 0.6 is 0 Å². The summed E-state index contributed by atoms with van der Waals surface area (Å²) in [6, 6.07) is 2.86. The van der Waals surface area contributed by atoms with Gasteiger partial charge in [-0.15, -0.1) is 0 Å². The molecule has 1 rings (SSSR count). The summed E-state index contributed by atoms with van der Waals surface area (Å²) in [5.41, 5.74) is 0.630. The van der Waals surface area contributed by atoms with Gasteiger partial charge in [0.05, 0.1) is 11.4 Å². The molecule has 6 nitrogen and oxygen atoms in total. The van der Waals surface area contributed by atoms with E-state index in [9.17, 15) is 8.42 Å². The number of nitrogens with zero attached hydrogens (tertiary/aromatic N) is 2. The topological polar surface area (TPSA) is 95.2 Å². The fourth-order valence-corrected chi connectivity index (χ4v) is 1.02.